The lowest BCUT2D eigenvalue weighted by molar-refractivity contribution is -0.130. The maximum absolute atomic E-state index is 12.4. The molecule has 3 rings (SSSR count). The summed E-state index contributed by atoms with van der Waals surface area (Å²) in [6, 6.07) is 0. The van der Waals surface area contributed by atoms with Crippen molar-refractivity contribution in [1.82, 2.24) is 30.2 Å². The molecule has 23 nitrogen and oxygen atoms in total. The Morgan fingerprint density at radius 2 is 1.78 bits per heavy atom. The molecule has 10 N–H and O–H groups in total. The van der Waals surface area contributed by atoms with Crippen molar-refractivity contribution in [3.05, 3.63) is 12.7 Å². The Hall–Kier alpha value is -2.11. The number of aliphatic hydroxyl groups excluding tert-OH is 2. The zero-order valence-corrected chi connectivity index (χ0v) is 27.0. The van der Waals surface area contributed by atoms with Gasteiger partial charge in [-0.2, -0.15) is 16.9 Å². The van der Waals surface area contributed by atoms with Gasteiger partial charge in [0, 0.05) is 31.7 Å². The van der Waals surface area contributed by atoms with E-state index in [0.29, 0.717) is 12.3 Å². The van der Waals surface area contributed by atoms with Crippen molar-refractivity contribution in [3.8, 4) is 0 Å². The minimum Gasteiger partial charge on any atom is -0.386 e. The van der Waals surface area contributed by atoms with Crippen LogP contribution in [0.25, 0.3) is 11.2 Å². The first-order chi connectivity index (χ1) is 21.4. The molecular formula is C19H32N7O16P3S. The quantitative estimate of drug-likeness (QED) is 0.0567. The highest BCUT2D eigenvalue weighted by Crippen LogP contribution is 2.60. The molecule has 0 spiro atoms. The number of nitrogens with one attached hydrogen (secondary N) is 2. The number of anilines is 1. The number of nitrogen functional groups attached to an aromatic ring is 1. The molecule has 2 aromatic heterocycles. The number of amides is 2. The highest BCUT2D eigenvalue weighted by Gasteiger charge is 2.50. The van der Waals surface area contributed by atoms with Crippen molar-refractivity contribution >= 4 is 64.9 Å². The van der Waals surface area contributed by atoms with Gasteiger partial charge < -0.3 is 50.9 Å². The average Bonchev–Trinajstić information content (AvgIpc) is 3.50. The third-order valence-corrected chi connectivity index (χ3v) is 9.25. The number of nitrogens with two attached hydrogens (primary N) is 1. The molecule has 2 unspecified atom stereocenters. The van der Waals surface area contributed by atoms with Crippen molar-refractivity contribution in [2.45, 2.75) is 43.5 Å². The number of thiol groups is 1. The number of carbonyl (C=O) groups is 2. The van der Waals surface area contributed by atoms with Crippen LogP contribution in [0.1, 0.15) is 19.1 Å². The van der Waals surface area contributed by atoms with Gasteiger partial charge in [-0.05, 0) is 0 Å². The van der Waals surface area contributed by atoms with Crippen LogP contribution in [-0.2, 0) is 45.9 Å². The number of carbonyl (C=O) groups excluding carboxylic acids is 2. The van der Waals surface area contributed by atoms with Gasteiger partial charge in [-0.1, -0.05) is 0 Å². The van der Waals surface area contributed by atoms with Crippen molar-refractivity contribution in [2.24, 2.45) is 0 Å². The summed E-state index contributed by atoms with van der Waals surface area (Å²) in [4.78, 5) is 73.6. The fraction of sp³-hybridized carbons (Fsp3) is 0.632. The lowest BCUT2D eigenvalue weighted by Gasteiger charge is -2.22. The molecule has 27 heteroatoms. The van der Waals surface area contributed by atoms with E-state index in [4.69, 9.17) is 10.5 Å². The number of ether oxygens (including phenoxy) is 1. The molecule has 0 radical (unpaired) electrons. The summed E-state index contributed by atoms with van der Waals surface area (Å²) < 4.78 is 60.8. The van der Waals surface area contributed by atoms with E-state index in [9.17, 15) is 53.1 Å². The van der Waals surface area contributed by atoms with Gasteiger partial charge in [0.2, 0.25) is 11.8 Å². The summed E-state index contributed by atoms with van der Waals surface area (Å²) in [5.74, 6) is -0.917. The van der Waals surface area contributed by atoms with Crippen LogP contribution < -0.4 is 16.4 Å². The number of imidazole rings is 1. The van der Waals surface area contributed by atoms with Gasteiger partial charge in [0.25, 0.3) is 0 Å². The molecule has 0 saturated carbocycles. The first-order valence-corrected chi connectivity index (χ1v) is 18.1. The minimum absolute atomic E-state index is 0.0348. The predicted molar refractivity (Wildman–Crippen MR) is 154 cm³/mol. The van der Waals surface area contributed by atoms with Crippen molar-refractivity contribution in [3.63, 3.8) is 0 Å². The number of fused-ring (bicyclic) bond motifs is 1. The molecule has 3 heterocycles. The Morgan fingerprint density at radius 3 is 2.46 bits per heavy atom. The number of hydrogen-bond donors (Lipinski definition) is 10. The summed E-state index contributed by atoms with van der Waals surface area (Å²) in [5.41, 5.74) is 5.87. The van der Waals surface area contributed by atoms with Gasteiger partial charge in [-0.25, -0.2) is 28.6 Å². The van der Waals surface area contributed by atoms with E-state index in [2.05, 4.69) is 56.1 Å². The van der Waals surface area contributed by atoms with Crippen LogP contribution in [0.2, 0.25) is 0 Å². The van der Waals surface area contributed by atoms with Crippen LogP contribution in [0, 0.1) is 0 Å². The number of phosphoric acid groups is 3. The third kappa shape index (κ3) is 11.3. The standard InChI is InChI=1S/C19H32N7O16P3S/c20-16-13-17(24-8-23-16)26(9-25-13)19-14(29)15(41-43(31,32)33)11(40-19)7-39-45(36,37)42-44(34,35)38-5-2-10(27)18(30)22-3-1-12(28)21-4-6-46/h8-11,14-15,19,27,29,46H,1-7H2,(H,21,28)(H,22,30)(H,34,35)(H,36,37)(H2,20,23,24)(H2,31,32,33)/t10-,11-,14-,15-,19-/m1/s1. The predicted octanol–water partition coefficient (Wildman–Crippen LogP) is -2.30. The zero-order chi connectivity index (χ0) is 34.3. The second-order valence-electron chi connectivity index (χ2n) is 9.27. The fourth-order valence-corrected chi connectivity index (χ4v) is 6.67. The molecule has 1 aliphatic rings. The molecule has 260 valence electrons. The number of aromatic nitrogens is 4. The number of rotatable bonds is 18. The Morgan fingerprint density at radius 1 is 1.09 bits per heavy atom. The summed E-state index contributed by atoms with van der Waals surface area (Å²) >= 11 is 3.93. The Kier molecular flexibility index (Phi) is 13.6. The van der Waals surface area contributed by atoms with E-state index in [0.717, 1.165) is 17.2 Å². The van der Waals surface area contributed by atoms with E-state index in [1.54, 1.807) is 0 Å². The van der Waals surface area contributed by atoms with Crippen molar-refractivity contribution < 1.29 is 75.7 Å². The van der Waals surface area contributed by atoms with Gasteiger partial charge in [-0.15, -0.1) is 0 Å². The normalized spacial score (nSPS) is 23.5. The van der Waals surface area contributed by atoms with Gasteiger partial charge >= 0.3 is 23.5 Å². The average molecular weight is 739 g/mol. The maximum Gasteiger partial charge on any atom is 0.481 e. The fourth-order valence-electron chi connectivity index (χ4n) is 3.89. The molecule has 7 atom stereocenters. The van der Waals surface area contributed by atoms with Crippen molar-refractivity contribution in [2.75, 3.05) is 37.8 Å². The van der Waals surface area contributed by atoms with E-state index in [1.165, 1.54) is 0 Å². The molecule has 1 fully saturated rings. The first-order valence-electron chi connectivity index (χ1n) is 12.9. The summed E-state index contributed by atoms with van der Waals surface area (Å²) in [5, 5.41) is 25.4. The summed E-state index contributed by atoms with van der Waals surface area (Å²) in [7, 11) is -16.2. The van der Waals surface area contributed by atoms with Crippen LogP contribution >= 0.6 is 36.1 Å². The molecular weight excluding hydrogens is 707 g/mol. The van der Waals surface area contributed by atoms with Gasteiger partial charge in [0.1, 0.15) is 36.3 Å². The molecule has 0 bridgehead atoms. The minimum atomic E-state index is -5.50. The molecule has 0 aliphatic carbocycles. The van der Waals surface area contributed by atoms with E-state index in [-0.39, 0.29) is 35.9 Å². The summed E-state index contributed by atoms with van der Waals surface area (Å²) in [6.07, 6.45) is -7.18. The molecule has 46 heavy (non-hydrogen) atoms. The van der Waals surface area contributed by atoms with E-state index >= 15 is 0 Å². The van der Waals surface area contributed by atoms with Gasteiger partial charge in [0.05, 0.1) is 19.5 Å². The number of hydrogen-bond acceptors (Lipinski definition) is 17. The van der Waals surface area contributed by atoms with Crippen LogP contribution in [0.3, 0.4) is 0 Å². The Bertz CT molecular complexity index is 1510. The highest BCUT2D eigenvalue weighted by molar-refractivity contribution is 7.80. The number of aliphatic hydroxyl groups is 2. The second-order valence-corrected chi connectivity index (χ2v) is 13.9. The lowest BCUT2D eigenvalue weighted by Crippen LogP contribution is -2.37. The highest BCUT2D eigenvalue weighted by atomic mass is 32.1. The van der Waals surface area contributed by atoms with Crippen LogP contribution in [0.4, 0.5) is 5.82 Å². The Balaban J connectivity index is 1.55. The smallest absolute Gasteiger partial charge is 0.386 e. The monoisotopic (exact) mass is 739 g/mol. The van der Waals surface area contributed by atoms with Crippen LogP contribution in [0.5, 0.6) is 0 Å². The second kappa shape index (κ2) is 16.3. The van der Waals surface area contributed by atoms with Crippen LogP contribution in [-0.4, -0.2) is 118 Å². The SMILES string of the molecule is Nc1ncnc2c1ncn2[C@@H]1O[C@H](COP(=O)(O)OP(=O)(O)OCC[C@@H](O)C(=O)NCCC(=O)NCCS)[C@@H](OP(=O)(O)O)[C@H]1O. The molecule has 2 amide bonds. The molecule has 0 aromatic carbocycles. The van der Waals surface area contributed by atoms with Crippen molar-refractivity contribution in [1.29, 1.82) is 0 Å². The van der Waals surface area contributed by atoms with Crippen LogP contribution in [0.15, 0.2) is 12.7 Å². The Labute approximate surface area is 264 Å². The van der Waals surface area contributed by atoms with Gasteiger partial charge in [0.15, 0.2) is 17.7 Å². The van der Waals surface area contributed by atoms with E-state index in [1.807, 2.05) is 0 Å². The number of nitrogens with zero attached hydrogens (tertiary/aromatic N) is 4. The maximum atomic E-state index is 12.4. The van der Waals surface area contributed by atoms with E-state index < -0.39 is 79.7 Å². The zero-order valence-electron chi connectivity index (χ0n) is 23.4. The first kappa shape index (κ1) is 38.3. The molecule has 1 saturated heterocycles. The number of phosphoric ester groups is 3. The largest absolute Gasteiger partial charge is 0.481 e. The summed E-state index contributed by atoms with van der Waals surface area (Å²) in [6.45, 7) is -1.71. The molecule has 1 aliphatic heterocycles. The molecule has 2 aromatic rings. The lowest BCUT2D eigenvalue weighted by atomic mass is 10.1. The van der Waals surface area contributed by atoms with Gasteiger partial charge in [-0.3, -0.25) is 27.7 Å². The third-order valence-electron chi connectivity index (χ3n) is 5.87. The topological polar surface area (TPSA) is 347 Å².